The second-order valence-electron chi connectivity index (χ2n) is 7.36. The third-order valence-corrected chi connectivity index (χ3v) is 6.44. The molecule has 5 rings (SSSR count). The molecule has 164 valence electrons. The summed E-state index contributed by atoms with van der Waals surface area (Å²) >= 11 is 1.31. The Morgan fingerprint density at radius 1 is 1.12 bits per heavy atom. The number of nitrogens with zero attached hydrogens (tertiary/aromatic N) is 1. The number of fused-ring (bicyclic) bond motifs is 2. The highest BCUT2D eigenvalue weighted by Gasteiger charge is 2.33. The number of carbonyl (C=O) groups is 2. The smallest absolute Gasteiger partial charge is 0.257 e. The summed E-state index contributed by atoms with van der Waals surface area (Å²) in [5.74, 6) is -1.58. The van der Waals surface area contributed by atoms with Gasteiger partial charge >= 0.3 is 0 Å². The molecule has 3 aromatic rings. The van der Waals surface area contributed by atoms with Crippen molar-refractivity contribution < 1.29 is 27.8 Å². The third kappa shape index (κ3) is 3.77. The predicted molar refractivity (Wildman–Crippen MR) is 112 cm³/mol. The quantitative estimate of drug-likeness (QED) is 0.609. The second-order valence-corrected chi connectivity index (χ2v) is 8.44. The van der Waals surface area contributed by atoms with Crippen molar-refractivity contribution in [3.8, 4) is 11.5 Å². The average molecular weight is 457 g/mol. The van der Waals surface area contributed by atoms with Crippen LogP contribution in [0.1, 0.15) is 38.8 Å². The lowest BCUT2D eigenvalue weighted by Gasteiger charge is -2.12. The molecule has 2 aromatic carbocycles. The van der Waals surface area contributed by atoms with Gasteiger partial charge in [0.2, 0.25) is 12.7 Å². The van der Waals surface area contributed by atoms with E-state index in [9.17, 15) is 18.4 Å². The van der Waals surface area contributed by atoms with E-state index in [2.05, 4.69) is 15.6 Å². The van der Waals surface area contributed by atoms with Gasteiger partial charge in [-0.15, -0.1) is 11.3 Å². The van der Waals surface area contributed by atoms with Crippen LogP contribution in [0, 0.1) is 11.6 Å². The van der Waals surface area contributed by atoms with Gasteiger partial charge in [0.15, 0.2) is 16.6 Å². The van der Waals surface area contributed by atoms with Gasteiger partial charge in [-0.2, -0.15) is 0 Å². The Bertz CT molecular complexity index is 1210. The molecule has 7 nitrogen and oxygen atoms in total. The predicted octanol–water partition coefficient (Wildman–Crippen LogP) is 3.75. The Labute approximate surface area is 185 Å². The monoisotopic (exact) mass is 457 g/mol. The molecule has 10 heteroatoms. The van der Waals surface area contributed by atoms with Crippen LogP contribution in [0.3, 0.4) is 0 Å². The van der Waals surface area contributed by atoms with Crippen LogP contribution in [0.2, 0.25) is 0 Å². The molecule has 1 aliphatic carbocycles. The summed E-state index contributed by atoms with van der Waals surface area (Å²) in [5.41, 5.74) is 0.794. The molecule has 0 unspecified atom stereocenters. The number of hydrogen-bond acceptors (Lipinski definition) is 6. The average Bonchev–Trinajstić information content (AvgIpc) is 3.48. The number of aryl methyl sites for hydroxylation is 1. The van der Waals surface area contributed by atoms with Crippen molar-refractivity contribution in [2.45, 2.75) is 25.3 Å². The summed E-state index contributed by atoms with van der Waals surface area (Å²) in [6.07, 6.45) is 1.19. The fourth-order valence-electron chi connectivity index (χ4n) is 3.74. The van der Waals surface area contributed by atoms with Crippen LogP contribution in [0.25, 0.3) is 0 Å². The van der Waals surface area contributed by atoms with E-state index < -0.39 is 17.6 Å². The molecule has 0 radical (unpaired) electrons. The fourth-order valence-corrected chi connectivity index (χ4v) is 4.78. The summed E-state index contributed by atoms with van der Waals surface area (Å²) < 4.78 is 38.1. The molecule has 1 aliphatic heterocycles. The lowest BCUT2D eigenvalue weighted by Crippen LogP contribution is -2.29. The number of nitrogens with one attached hydrogen (secondary N) is 2. The first-order chi connectivity index (χ1) is 15.5. The van der Waals surface area contributed by atoms with Gasteiger partial charge in [0, 0.05) is 22.5 Å². The largest absolute Gasteiger partial charge is 0.454 e. The SMILES string of the molecule is O=C(Nc1nc2c(s1)CC[C@@H]2C(=O)NCc1c(F)cccc1F)c1ccc2c(c1)OCO2. The molecule has 1 aromatic heterocycles. The molecular formula is C22H17F2N3O4S. The van der Waals surface area contributed by atoms with Gasteiger partial charge < -0.3 is 14.8 Å². The maximum absolute atomic E-state index is 13.8. The minimum atomic E-state index is -0.709. The zero-order valence-corrected chi connectivity index (χ0v) is 17.4. The summed E-state index contributed by atoms with van der Waals surface area (Å²) in [6.45, 7) is -0.131. The highest BCUT2D eigenvalue weighted by Crippen LogP contribution is 2.39. The number of thiazole rings is 1. The van der Waals surface area contributed by atoms with Gasteiger partial charge in [-0.25, -0.2) is 13.8 Å². The number of halogens is 2. The maximum Gasteiger partial charge on any atom is 0.257 e. The lowest BCUT2D eigenvalue weighted by molar-refractivity contribution is -0.122. The van der Waals surface area contributed by atoms with E-state index in [0.717, 1.165) is 17.0 Å². The van der Waals surface area contributed by atoms with Crippen molar-refractivity contribution >= 4 is 28.3 Å². The molecule has 2 heterocycles. The van der Waals surface area contributed by atoms with E-state index in [1.54, 1.807) is 18.2 Å². The Hall–Kier alpha value is -3.53. The van der Waals surface area contributed by atoms with E-state index in [4.69, 9.17) is 9.47 Å². The molecule has 0 bridgehead atoms. The minimum Gasteiger partial charge on any atom is -0.454 e. The number of aromatic nitrogens is 1. The molecule has 0 saturated carbocycles. The van der Waals surface area contributed by atoms with E-state index >= 15 is 0 Å². The molecule has 2 amide bonds. The van der Waals surface area contributed by atoms with Crippen molar-refractivity contribution in [3.63, 3.8) is 0 Å². The molecule has 0 saturated heterocycles. The van der Waals surface area contributed by atoms with Gasteiger partial charge in [0.05, 0.1) is 11.6 Å². The highest BCUT2D eigenvalue weighted by atomic mass is 32.1. The molecule has 0 spiro atoms. The first-order valence-corrected chi connectivity index (χ1v) is 10.7. The van der Waals surface area contributed by atoms with E-state index in [-0.39, 0.29) is 30.7 Å². The topological polar surface area (TPSA) is 89.6 Å². The Morgan fingerprint density at radius 3 is 2.72 bits per heavy atom. The number of carbonyl (C=O) groups excluding carboxylic acids is 2. The zero-order valence-electron chi connectivity index (χ0n) is 16.6. The summed E-state index contributed by atoms with van der Waals surface area (Å²) in [7, 11) is 0. The van der Waals surface area contributed by atoms with Gasteiger partial charge in [-0.1, -0.05) is 6.07 Å². The van der Waals surface area contributed by atoms with Crippen molar-refractivity contribution in [2.24, 2.45) is 0 Å². The van der Waals surface area contributed by atoms with Crippen LogP contribution in [0.15, 0.2) is 36.4 Å². The van der Waals surface area contributed by atoms with Crippen molar-refractivity contribution in [3.05, 3.63) is 69.7 Å². The Kier molecular flexibility index (Phi) is 5.22. The van der Waals surface area contributed by atoms with Crippen LogP contribution < -0.4 is 20.1 Å². The number of anilines is 1. The summed E-state index contributed by atoms with van der Waals surface area (Å²) in [5, 5.41) is 5.73. The molecule has 0 fully saturated rings. The first-order valence-electron chi connectivity index (χ1n) is 9.91. The number of benzene rings is 2. The first kappa shape index (κ1) is 20.4. The Morgan fingerprint density at radius 2 is 1.91 bits per heavy atom. The minimum absolute atomic E-state index is 0.118. The van der Waals surface area contributed by atoms with Gasteiger partial charge in [-0.05, 0) is 43.2 Å². The van der Waals surface area contributed by atoms with Crippen LogP contribution >= 0.6 is 11.3 Å². The van der Waals surface area contributed by atoms with E-state index in [1.807, 2.05) is 0 Å². The normalized spacial score (nSPS) is 16.0. The Balaban J connectivity index is 1.26. The van der Waals surface area contributed by atoms with Crippen molar-refractivity contribution in [2.75, 3.05) is 12.1 Å². The van der Waals surface area contributed by atoms with Crippen molar-refractivity contribution in [1.29, 1.82) is 0 Å². The number of ether oxygens (including phenoxy) is 2. The number of amides is 2. The maximum atomic E-state index is 13.8. The molecule has 32 heavy (non-hydrogen) atoms. The lowest BCUT2D eigenvalue weighted by atomic mass is 10.1. The van der Waals surface area contributed by atoms with E-state index in [1.165, 1.54) is 17.4 Å². The molecule has 2 aliphatic rings. The van der Waals surface area contributed by atoms with Gasteiger partial charge in [0.1, 0.15) is 11.6 Å². The second kappa shape index (κ2) is 8.19. The molecule has 2 N–H and O–H groups in total. The van der Waals surface area contributed by atoms with Crippen LogP contribution in [-0.4, -0.2) is 23.6 Å². The summed E-state index contributed by atoms with van der Waals surface area (Å²) in [4.78, 5) is 30.6. The molecule has 1 atom stereocenters. The molecular weight excluding hydrogens is 440 g/mol. The fraction of sp³-hybridized carbons (Fsp3) is 0.227. The van der Waals surface area contributed by atoms with Gasteiger partial charge in [0.25, 0.3) is 5.91 Å². The summed E-state index contributed by atoms with van der Waals surface area (Å²) in [6, 6.07) is 8.45. The van der Waals surface area contributed by atoms with Crippen LogP contribution in [0.5, 0.6) is 11.5 Å². The highest BCUT2D eigenvalue weighted by molar-refractivity contribution is 7.16. The van der Waals surface area contributed by atoms with Crippen LogP contribution in [-0.2, 0) is 17.8 Å². The van der Waals surface area contributed by atoms with Gasteiger partial charge in [-0.3, -0.25) is 14.9 Å². The number of rotatable bonds is 5. The zero-order chi connectivity index (χ0) is 22.2. The van der Waals surface area contributed by atoms with Crippen LogP contribution in [0.4, 0.5) is 13.9 Å². The third-order valence-electron chi connectivity index (χ3n) is 5.39. The van der Waals surface area contributed by atoms with Crippen molar-refractivity contribution in [1.82, 2.24) is 10.3 Å². The standard InChI is InChI=1S/C22H17F2N3O4S/c23-14-2-1-3-15(24)13(14)9-25-21(29)12-5-7-18-19(12)26-22(32-18)27-20(28)11-4-6-16-17(8-11)31-10-30-16/h1-4,6,8,12H,5,7,9-10H2,(H,25,29)(H,26,27,28)/t12-/m0/s1. The van der Waals surface area contributed by atoms with E-state index in [0.29, 0.717) is 40.7 Å². The number of hydrogen-bond donors (Lipinski definition) is 2.